The van der Waals surface area contributed by atoms with Gasteiger partial charge in [-0.3, -0.25) is 9.78 Å². The van der Waals surface area contributed by atoms with Crippen LogP contribution in [0.25, 0.3) is 0 Å². The normalized spacial score (nSPS) is 10.5. The fraction of sp³-hybridized carbons (Fsp3) is 0. The third-order valence-electron chi connectivity index (χ3n) is 3.26. The van der Waals surface area contributed by atoms with Gasteiger partial charge in [0.25, 0.3) is 0 Å². The van der Waals surface area contributed by atoms with Gasteiger partial charge in [0.2, 0.25) is 17.7 Å². The second kappa shape index (κ2) is 9.24. The number of hydrogen-bond donors (Lipinski definition) is 2. The Morgan fingerprint density at radius 3 is 2.89 bits per heavy atom. The van der Waals surface area contributed by atoms with Crippen LogP contribution in [-0.2, 0) is 4.79 Å². The standard InChI is InChI=1S/C19H15ClN6O2/c1-2-17(27)24-13-7-5-8-15(10-13)28-18-16(20)12-22-19(25-18)26-23-11-14-6-3-4-9-21-14/h2-12H,1H2,(H,24,27)(H,22,25,26)/b23-11+. The van der Waals surface area contributed by atoms with Crippen molar-refractivity contribution in [3.63, 3.8) is 0 Å². The molecule has 2 aromatic heterocycles. The number of carbonyl (C=O) groups excluding carboxylic acids is 1. The van der Waals surface area contributed by atoms with Crippen LogP contribution in [0.2, 0.25) is 5.02 Å². The maximum Gasteiger partial charge on any atom is 0.247 e. The molecule has 2 N–H and O–H groups in total. The van der Waals surface area contributed by atoms with Gasteiger partial charge >= 0.3 is 0 Å². The summed E-state index contributed by atoms with van der Waals surface area (Å²) in [5.41, 5.74) is 3.92. The van der Waals surface area contributed by atoms with E-state index in [-0.39, 0.29) is 22.8 Å². The van der Waals surface area contributed by atoms with Crippen LogP contribution in [0, 0.1) is 0 Å². The van der Waals surface area contributed by atoms with Gasteiger partial charge in [0, 0.05) is 18.0 Å². The van der Waals surface area contributed by atoms with Crippen LogP contribution in [0.15, 0.2) is 72.6 Å². The Balaban J connectivity index is 1.71. The first-order valence-electron chi connectivity index (χ1n) is 8.08. The molecule has 9 heteroatoms. The Hall–Kier alpha value is -3.78. The van der Waals surface area contributed by atoms with E-state index in [1.807, 2.05) is 12.1 Å². The van der Waals surface area contributed by atoms with Crippen LogP contribution in [0.5, 0.6) is 11.6 Å². The summed E-state index contributed by atoms with van der Waals surface area (Å²) in [5, 5.41) is 6.90. The van der Waals surface area contributed by atoms with E-state index in [0.717, 1.165) is 0 Å². The molecule has 0 aliphatic heterocycles. The molecule has 3 rings (SSSR count). The molecule has 0 aliphatic carbocycles. The third kappa shape index (κ3) is 5.36. The molecule has 0 aliphatic rings. The highest BCUT2D eigenvalue weighted by Gasteiger charge is 2.09. The number of nitrogens with zero attached hydrogens (tertiary/aromatic N) is 4. The molecule has 1 aromatic carbocycles. The van der Waals surface area contributed by atoms with Crippen LogP contribution in [0.3, 0.4) is 0 Å². The zero-order valence-corrected chi connectivity index (χ0v) is 15.3. The van der Waals surface area contributed by atoms with Crippen molar-refractivity contribution in [3.8, 4) is 11.6 Å². The van der Waals surface area contributed by atoms with E-state index in [1.165, 1.54) is 18.5 Å². The molecule has 28 heavy (non-hydrogen) atoms. The molecule has 1 amide bonds. The largest absolute Gasteiger partial charge is 0.437 e. The van der Waals surface area contributed by atoms with Gasteiger partial charge in [-0.05, 0) is 30.3 Å². The van der Waals surface area contributed by atoms with Crippen molar-refractivity contribution in [1.29, 1.82) is 0 Å². The van der Waals surface area contributed by atoms with Crippen molar-refractivity contribution < 1.29 is 9.53 Å². The van der Waals surface area contributed by atoms with Gasteiger partial charge in [-0.2, -0.15) is 10.1 Å². The molecule has 140 valence electrons. The predicted octanol–water partition coefficient (Wildman–Crippen LogP) is 3.89. The summed E-state index contributed by atoms with van der Waals surface area (Å²) < 4.78 is 5.71. The van der Waals surface area contributed by atoms with Crippen LogP contribution in [0.1, 0.15) is 5.69 Å². The Kier molecular flexibility index (Phi) is 6.27. The first-order chi connectivity index (χ1) is 13.6. The van der Waals surface area contributed by atoms with Gasteiger partial charge in [-0.1, -0.05) is 30.3 Å². The van der Waals surface area contributed by atoms with Gasteiger partial charge in [-0.15, -0.1) is 0 Å². The quantitative estimate of drug-likeness (QED) is 0.358. The topological polar surface area (TPSA) is 101 Å². The van der Waals surface area contributed by atoms with E-state index in [9.17, 15) is 4.79 Å². The second-order valence-corrected chi connectivity index (χ2v) is 5.70. The van der Waals surface area contributed by atoms with E-state index in [2.05, 4.69) is 37.4 Å². The summed E-state index contributed by atoms with van der Waals surface area (Å²) >= 11 is 6.11. The minimum atomic E-state index is -0.325. The molecule has 8 nitrogen and oxygen atoms in total. The molecule has 0 spiro atoms. The number of hydrogen-bond acceptors (Lipinski definition) is 7. The Morgan fingerprint density at radius 2 is 2.11 bits per heavy atom. The van der Waals surface area contributed by atoms with E-state index >= 15 is 0 Å². The fourth-order valence-corrected chi connectivity index (χ4v) is 2.16. The highest BCUT2D eigenvalue weighted by atomic mass is 35.5. The number of hydrazone groups is 1. The number of aromatic nitrogens is 3. The lowest BCUT2D eigenvalue weighted by Gasteiger charge is -2.09. The Bertz CT molecular complexity index is 1010. The molecule has 0 atom stereocenters. The summed E-state index contributed by atoms with van der Waals surface area (Å²) in [6.07, 6.45) is 5.77. The van der Waals surface area contributed by atoms with Gasteiger partial charge in [0.15, 0.2) is 0 Å². The SMILES string of the molecule is C=CC(=O)Nc1cccc(Oc2nc(N/N=C/c3ccccn3)ncc2Cl)c1. The highest BCUT2D eigenvalue weighted by molar-refractivity contribution is 6.31. The number of pyridine rings is 1. The minimum absolute atomic E-state index is 0.138. The number of nitrogens with one attached hydrogen (secondary N) is 2. The molecule has 0 radical (unpaired) electrons. The minimum Gasteiger partial charge on any atom is -0.437 e. The second-order valence-electron chi connectivity index (χ2n) is 5.29. The number of carbonyl (C=O) groups is 1. The van der Waals surface area contributed by atoms with Gasteiger partial charge in [-0.25, -0.2) is 10.4 Å². The lowest BCUT2D eigenvalue weighted by atomic mass is 10.3. The van der Waals surface area contributed by atoms with Crippen molar-refractivity contribution in [2.24, 2.45) is 5.10 Å². The molecular formula is C19H15ClN6O2. The molecule has 0 fully saturated rings. The van der Waals surface area contributed by atoms with Crippen molar-refractivity contribution in [1.82, 2.24) is 15.0 Å². The van der Waals surface area contributed by atoms with Crippen LogP contribution >= 0.6 is 11.6 Å². The van der Waals surface area contributed by atoms with Crippen LogP contribution in [-0.4, -0.2) is 27.1 Å². The van der Waals surface area contributed by atoms with E-state index in [0.29, 0.717) is 17.1 Å². The average molecular weight is 395 g/mol. The Morgan fingerprint density at radius 1 is 1.21 bits per heavy atom. The molecule has 0 bridgehead atoms. The molecule has 0 unspecified atom stereocenters. The van der Waals surface area contributed by atoms with Gasteiger partial charge in [0.05, 0.1) is 18.1 Å². The number of halogens is 1. The maximum absolute atomic E-state index is 11.4. The van der Waals surface area contributed by atoms with Crippen molar-refractivity contribution >= 4 is 35.4 Å². The molecule has 0 saturated carbocycles. The van der Waals surface area contributed by atoms with E-state index in [4.69, 9.17) is 16.3 Å². The number of benzene rings is 1. The lowest BCUT2D eigenvalue weighted by molar-refractivity contribution is -0.111. The summed E-state index contributed by atoms with van der Waals surface area (Å²) in [6, 6.07) is 12.2. The summed E-state index contributed by atoms with van der Waals surface area (Å²) in [6.45, 7) is 3.41. The summed E-state index contributed by atoms with van der Waals surface area (Å²) in [7, 11) is 0. The summed E-state index contributed by atoms with van der Waals surface area (Å²) in [4.78, 5) is 23.8. The number of rotatable bonds is 7. The number of ether oxygens (including phenoxy) is 1. The van der Waals surface area contributed by atoms with E-state index in [1.54, 1.807) is 36.5 Å². The van der Waals surface area contributed by atoms with Gasteiger partial charge < -0.3 is 10.1 Å². The monoisotopic (exact) mass is 394 g/mol. The summed E-state index contributed by atoms with van der Waals surface area (Å²) in [5.74, 6) is 0.446. The number of anilines is 2. The first kappa shape index (κ1) is 19.0. The molecule has 2 heterocycles. The predicted molar refractivity (Wildman–Crippen MR) is 108 cm³/mol. The first-order valence-corrected chi connectivity index (χ1v) is 8.46. The Labute approximate surface area is 166 Å². The number of amides is 1. The maximum atomic E-state index is 11.4. The third-order valence-corrected chi connectivity index (χ3v) is 3.52. The van der Waals surface area contributed by atoms with E-state index < -0.39 is 0 Å². The van der Waals surface area contributed by atoms with Crippen LogP contribution in [0.4, 0.5) is 11.6 Å². The van der Waals surface area contributed by atoms with Crippen LogP contribution < -0.4 is 15.5 Å². The zero-order valence-electron chi connectivity index (χ0n) is 14.5. The molecule has 0 saturated heterocycles. The van der Waals surface area contributed by atoms with Crippen molar-refractivity contribution in [2.75, 3.05) is 10.7 Å². The average Bonchev–Trinajstić information content (AvgIpc) is 2.71. The molecule has 3 aromatic rings. The highest BCUT2D eigenvalue weighted by Crippen LogP contribution is 2.29. The van der Waals surface area contributed by atoms with Crippen molar-refractivity contribution in [2.45, 2.75) is 0 Å². The van der Waals surface area contributed by atoms with Gasteiger partial charge in [0.1, 0.15) is 10.8 Å². The fourth-order valence-electron chi connectivity index (χ4n) is 2.03. The lowest BCUT2D eigenvalue weighted by Crippen LogP contribution is -2.07. The molecular weight excluding hydrogens is 380 g/mol. The smallest absolute Gasteiger partial charge is 0.247 e. The zero-order chi connectivity index (χ0) is 19.8. The van der Waals surface area contributed by atoms with Crippen molar-refractivity contribution in [3.05, 3.63) is 78.2 Å².